The molecule has 0 bridgehead atoms. The number of fused-ring (bicyclic) bond motifs is 2. The molecular formula is C24H17FN4O. The van der Waals surface area contributed by atoms with Gasteiger partial charge < -0.3 is 10.5 Å². The zero-order chi connectivity index (χ0) is 20.7. The highest BCUT2D eigenvalue weighted by Gasteiger charge is 2.16. The van der Waals surface area contributed by atoms with Crippen LogP contribution in [0.4, 0.5) is 10.2 Å². The van der Waals surface area contributed by atoms with Gasteiger partial charge in [0.15, 0.2) is 5.65 Å². The van der Waals surface area contributed by atoms with Crippen LogP contribution in [0.2, 0.25) is 0 Å². The molecule has 146 valence electrons. The minimum atomic E-state index is -0.334. The first-order valence-corrected chi connectivity index (χ1v) is 9.39. The van der Waals surface area contributed by atoms with E-state index in [9.17, 15) is 4.39 Å². The lowest BCUT2D eigenvalue weighted by Gasteiger charge is -2.14. The molecule has 0 fully saturated rings. The maximum absolute atomic E-state index is 14.5. The zero-order valence-corrected chi connectivity index (χ0v) is 16.1. The minimum Gasteiger partial charge on any atom is -0.496 e. The molecule has 3 aromatic heterocycles. The van der Waals surface area contributed by atoms with Crippen molar-refractivity contribution in [2.24, 2.45) is 0 Å². The Morgan fingerprint density at radius 3 is 2.53 bits per heavy atom. The molecule has 0 aliphatic heterocycles. The lowest BCUT2D eigenvalue weighted by atomic mass is 9.95. The number of benzene rings is 2. The Bertz CT molecular complexity index is 1420. The van der Waals surface area contributed by atoms with Crippen LogP contribution in [0.1, 0.15) is 0 Å². The third kappa shape index (κ3) is 2.90. The molecule has 5 rings (SSSR count). The van der Waals surface area contributed by atoms with Gasteiger partial charge in [0.2, 0.25) is 0 Å². The van der Waals surface area contributed by atoms with E-state index in [1.807, 2.05) is 36.4 Å². The van der Waals surface area contributed by atoms with Gasteiger partial charge in [0.1, 0.15) is 17.4 Å². The quantitative estimate of drug-likeness (QED) is 0.451. The van der Waals surface area contributed by atoms with Crippen molar-refractivity contribution in [3.05, 3.63) is 78.9 Å². The molecule has 0 spiro atoms. The second-order valence-electron chi connectivity index (χ2n) is 6.88. The molecule has 30 heavy (non-hydrogen) atoms. The lowest BCUT2D eigenvalue weighted by Crippen LogP contribution is -1.96. The second kappa shape index (κ2) is 7.08. The van der Waals surface area contributed by atoms with Crippen molar-refractivity contribution in [3.8, 4) is 28.1 Å². The summed E-state index contributed by atoms with van der Waals surface area (Å²) in [6.45, 7) is 0. The number of nitrogens with two attached hydrogens (primary N) is 1. The first kappa shape index (κ1) is 18.0. The average Bonchev–Trinajstić information content (AvgIpc) is 2.78. The van der Waals surface area contributed by atoms with Gasteiger partial charge in [0.25, 0.3) is 0 Å². The number of rotatable bonds is 3. The van der Waals surface area contributed by atoms with E-state index in [1.54, 1.807) is 37.7 Å². The molecule has 0 saturated carbocycles. The Balaban J connectivity index is 1.88. The van der Waals surface area contributed by atoms with E-state index in [0.29, 0.717) is 28.5 Å². The number of ether oxygens (including phenoxy) is 1. The van der Waals surface area contributed by atoms with Crippen molar-refractivity contribution in [1.82, 2.24) is 15.0 Å². The fourth-order valence-corrected chi connectivity index (χ4v) is 3.73. The van der Waals surface area contributed by atoms with Gasteiger partial charge in [-0.2, -0.15) is 0 Å². The number of hydrogen-bond donors (Lipinski definition) is 1. The summed E-state index contributed by atoms with van der Waals surface area (Å²) in [5.74, 6) is 0.772. The molecule has 5 aromatic rings. The molecule has 0 atom stereocenters. The summed E-state index contributed by atoms with van der Waals surface area (Å²) in [5, 5.41) is 2.59. The van der Waals surface area contributed by atoms with E-state index >= 15 is 0 Å². The molecule has 0 unspecified atom stereocenters. The van der Waals surface area contributed by atoms with E-state index in [1.165, 1.54) is 6.07 Å². The number of pyridine rings is 3. The monoisotopic (exact) mass is 396 g/mol. The number of halogens is 1. The Labute approximate surface area is 172 Å². The Kier molecular flexibility index (Phi) is 4.25. The van der Waals surface area contributed by atoms with Crippen molar-refractivity contribution >= 4 is 27.6 Å². The second-order valence-corrected chi connectivity index (χ2v) is 6.88. The average molecular weight is 396 g/mol. The number of anilines is 1. The number of nitrogen functional groups attached to an aromatic ring is 1. The first-order valence-electron chi connectivity index (χ1n) is 9.39. The molecule has 0 radical (unpaired) electrons. The van der Waals surface area contributed by atoms with E-state index in [-0.39, 0.29) is 5.82 Å². The Morgan fingerprint density at radius 2 is 1.70 bits per heavy atom. The number of nitrogens with zero attached hydrogens (tertiary/aromatic N) is 3. The van der Waals surface area contributed by atoms with Crippen molar-refractivity contribution in [2.75, 3.05) is 12.8 Å². The summed E-state index contributed by atoms with van der Waals surface area (Å²) in [4.78, 5) is 13.2. The van der Waals surface area contributed by atoms with Crippen LogP contribution in [0, 0.1) is 5.82 Å². The predicted molar refractivity (Wildman–Crippen MR) is 117 cm³/mol. The Morgan fingerprint density at radius 1 is 0.833 bits per heavy atom. The van der Waals surface area contributed by atoms with Crippen molar-refractivity contribution < 1.29 is 9.13 Å². The number of methoxy groups -OCH3 is 1. The molecule has 0 saturated heterocycles. The van der Waals surface area contributed by atoms with Gasteiger partial charge in [-0.1, -0.05) is 18.2 Å². The highest BCUT2D eigenvalue weighted by Crippen LogP contribution is 2.39. The smallest absolute Gasteiger partial charge is 0.160 e. The summed E-state index contributed by atoms with van der Waals surface area (Å²) in [6, 6.07) is 18.0. The minimum absolute atomic E-state index is 0.334. The molecule has 0 amide bonds. The van der Waals surface area contributed by atoms with Gasteiger partial charge in [0, 0.05) is 28.7 Å². The van der Waals surface area contributed by atoms with Crippen LogP contribution in [-0.2, 0) is 0 Å². The number of aromatic nitrogens is 3. The fourth-order valence-electron chi connectivity index (χ4n) is 3.73. The van der Waals surface area contributed by atoms with Gasteiger partial charge in [-0.05, 0) is 59.0 Å². The van der Waals surface area contributed by atoms with Crippen LogP contribution < -0.4 is 10.5 Å². The van der Waals surface area contributed by atoms with Gasteiger partial charge in [-0.3, -0.25) is 0 Å². The third-order valence-corrected chi connectivity index (χ3v) is 5.13. The van der Waals surface area contributed by atoms with Crippen LogP contribution in [0.25, 0.3) is 44.2 Å². The highest BCUT2D eigenvalue weighted by molar-refractivity contribution is 6.07. The van der Waals surface area contributed by atoms with E-state index < -0.39 is 0 Å². The van der Waals surface area contributed by atoms with E-state index in [0.717, 1.165) is 27.3 Å². The van der Waals surface area contributed by atoms with Gasteiger partial charge >= 0.3 is 0 Å². The first-order chi connectivity index (χ1) is 14.7. The molecular weight excluding hydrogens is 379 g/mol. The third-order valence-electron chi connectivity index (χ3n) is 5.13. The molecule has 2 N–H and O–H groups in total. The van der Waals surface area contributed by atoms with Gasteiger partial charge in [-0.15, -0.1) is 0 Å². The molecule has 2 aromatic carbocycles. The molecule has 0 aliphatic carbocycles. The Hall–Kier alpha value is -4.06. The predicted octanol–water partition coefficient (Wildman–Crippen LogP) is 5.24. The summed E-state index contributed by atoms with van der Waals surface area (Å²) in [5.41, 5.74) is 9.26. The zero-order valence-electron chi connectivity index (χ0n) is 16.1. The van der Waals surface area contributed by atoms with Crippen LogP contribution in [-0.4, -0.2) is 22.1 Å². The van der Waals surface area contributed by atoms with E-state index in [4.69, 9.17) is 10.5 Å². The standard InChI is InChI=1S/C24H17FN4O/c1-30-22-9-8-14(18-12-23(26)28-13-19(18)22)17-11-21(16-5-2-3-7-20(16)25)29-24-15(17)6-4-10-27-24/h2-13H,1H3,(H2,26,28). The van der Waals surface area contributed by atoms with Gasteiger partial charge in [0.05, 0.1) is 12.8 Å². The maximum atomic E-state index is 14.5. The summed E-state index contributed by atoms with van der Waals surface area (Å²) in [6.07, 6.45) is 3.38. The molecule has 3 heterocycles. The van der Waals surface area contributed by atoms with Crippen LogP contribution in [0.5, 0.6) is 5.75 Å². The fraction of sp³-hybridized carbons (Fsp3) is 0.0417. The topological polar surface area (TPSA) is 73.9 Å². The van der Waals surface area contributed by atoms with Crippen LogP contribution in [0.15, 0.2) is 73.1 Å². The molecule has 5 nitrogen and oxygen atoms in total. The SMILES string of the molecule is COc1ccc(-c2cc(-c3ccccc3F)nc3ncccc23)c2cc(N)ncc12. The summed E-state index contributed by atoms with van der Waals surface area (Å²) < 4.78 is 20.0. The molecule has 0 aliphatic rings. The van der Waals surface area contributed by atoms with Crippen molar-refractivity contribution in [1.29, 1.82) is 0 Å². The summed E-state index contributed by atoms with van der Waals surface area (Å²) >= 11 is 0. The van der Waals surface area contributed by atoms with Crippen molar-refractivity contribution in [2.45, 2.75) is 0 Å². The van der Waals surface area contributed by atoms with E-state index in [2.05, 4.69) is 15.0 Å². The summed E-state index contributed by atoms with van der Waals surface area (Å²) in [7, 11) is 1.62. The van der Waals surface area contributed by atoms with Crippen LogP contribution in [0.3, 0.4) is 0 Å². The highest BCUT2D eigenvalue weighted by atomic mass is 19.1. The van der Waals surface area contributed by atoms with Crippen molar-refractivity contribution in [3.63, 3.8) is 0 Å². The van der Waals surface area contributed by atoms with Gasteiger partial charge in [-0.25, -0.2) is 19.3 Å². The largest absolute Gasteiger partial charge is 0.496 e. The number of hydrogen-bond acceptors (Lipinski definition) is 5. The van der Waals surface area contributed by atoms with Crippen LogP contribution >= 0.6 is 0 Å². The lowest BCUT2D eigenvalue weighted by molar-refractivity contribution is 0.420. The molecule has 6 heteroatoms. The normalized spacial score (nSPS) is 11.1. The maximum Gasteiger partial charge on any atom is 0.160 e.